The van der Waals surface area contributed by atoms with Gasteiger partial charge in [-0.1, -0.05) is 30.4 Å². The average molecular weight is 311 g/mol. The molecule has 0 aliphatic carbocycles. The van der Waals surface area contributed by atoms with E-state index < -0.39 is 0 Å². The van der Waals surface area contributed by atoms with Crippen LogP contribution in [0.3, 0.4) is 0 Å². The predicted octanol–water partition coefficient (Wildman–Crippen LogP) is 3.36. The lowest BCUT2D eigenvalue weighted by Crippen LogP contribution is -2.12. The molecule has 106 valence electrons. The molecule has 0 aliphatic rings. The number of hydrogen-bond acceptors (Lipinski definition) is 5. The number of thioether (sulfide) groups is 1. The summed E-state index contributed by atoms with van der Waals surface area (Å²) >= 11 is 2.70. The minimum absolute atomic E-state index is 0.132. The standard InChI is InChI=1S/C13H14FN3OS2/c1-2-12-16-17-13(20-12)15-11(18)7-8-19-10-6-4-3-5-9(10)14/h3-6H,2,7-8H2,1H3,(H,15,17,18). The van der Waals surface area contributed by atoms with E-state index in [0.29, 0.717) is 22.2 Å². The van der Waals surface area contributed by atoms with Gasteiger partial charge >= 0.3 is 0 Å². The first kappa shape index (κ1) is 14.9. The number of carbonyl (C=O) groups excluding carboxylic acids is 1. The zero-order valence-corrected chi connectivity index (χ0v) is 12.6. The van der Waals surface area contributed by atoms with E-state index in [1.54, 1.807) is 18.2 Å². The molecule has 20 heavy (non-hydrogen) atoms. The third kappa shape index (κ3) is 4.28. The second-order valence-electron chi connectivity index (χ2n) is 3.93. The molecular weight excluding hydrogens is 297 g/mol. The van der Waals surface area contributed by atoms with Crippen molar-refractivity contribution in [3.05, 3.63) is 35.1 Å². The van der Waals surface area contributed by atoms with Gasteiger partial charge in [0.25, 0.3) is 0 Å². The smallest absolute Gasteiger partial charge is 0.227 e. The summed E-state index contributed by atoms with van der Waals surface area (Å²) in [5.74, 6) is 0.133. The SMILES string of the molecule is CCc1nnc(NC(=O)CCSc2ccccc2F)s1. The Bertz CT molecular complexity index is 589. The Labute approximate surface area is 124 Å². The monoisotopic (exact) mass is 311 g/mol. The number of aromatic nitrogens is 2. The number of nitrogens with zero attached hydrogens (tertiary/aromatic N) is 2. The van der Waals surface area contributed by atoms with Crippen molar-refractivity contribution in [2.24, 2.45) is 0 Å². The Balaban J connectivity index is 1.77. The molecule has 0 aliphatic heterocycles. The van der Waals surface area contributed by atoms with Gasteiger partial charge in [0.1, 0.15) is 10.8 Å². The van der Waals surface area contributed by atoms with Crippen LogP contribution in [0.2, 0.25) is 0 Å². The van der Waals surface area contributed by atoms with Gasteiger partial charge in [-0.3, -0.25) is 4.79 Å². The maximum atomic E-state index is 13.4. The molecule has 1 N–H and O–H groups in total. The molecular formula is C13H14FN3OS2. The molecule has 0 spiro atoms. The van der Waals surface area contributed by atoms with E-state index in [2.05, 4.69) is 15.5 Å². The Morgan fingerprint density at radius 3 is 2.90 bits per heavy atom. The average Bonchev–Trinajstić information content (AvgIpc) is 2.88. The lowest BCUT2D eigenvalue weighted by Gasteiger charge is -2.03. The quantitative estimate of drug-likeness (QED) is 0.831. The van der Waals surface area contributed by atoms with Crippen LogP contribution < -0.4 is 5.32 Å². The maximum absolute atomic E-state index is 13.4. The number of hydrogen-bond donors (Lipinski definition) is 1. The lowest BCUT2D eigenvalue weighted by atomic mass is 10.3. The number of benzene rings is 1. The summed E-state index contributed by atoms with van der Waals surface area (Å²) in [7, 11) is 0. The summed E-state index contributed by atoms with van der Waals surface area (Å²) in [4.78, 5) is 12.3. The Hall–Kier alpha value is -1.47. The van der Waals surface area contributed by atoms with Crippen molar-refractivity contribution in [1.82, 2.24) is 10.2 Å². The molecule has 0 saturated carbocycles. The number of rotatable bonds is 6. The minimum Gasteiger partial charge on any atom is -0.301 e. The van der Waals surface area contributed by atoms with Gasteiger partial charge in [0.05, 0.1) is 0 Å². The molecule has 1 amide bonds. The van der Waals surface area contributed by atoms with Gasteiger partial charge in [0, 0.05) is 17.1 Å². The number of anilines is 1. The molecule has 0 bridgehead atoms. The second kappa shape index (κ2) is 7.35. The molecule has 0 saturated heterocycles. The van der Waals surface area contributed by atoms with Crippen molar-refractivity contribution in [2.45, 2.75) is 24.7 Å². The highest BCUT2D eigenvalue weighted by Gasteiger charge is 2.08. The second-order valence-corrected chi connectivity index (χ2v) is 6.13. The van der Waals surface area contributed by atoms with Crippen LogP contribution in [0.4, 0.5) is 9.52 Å². The molecule has 0 atom stereocenters. The van der Waals surface area contributed by atoms with Crippen molar-refractivity contribution < 1.29 is 9.18 Å². The van der Waals surface area contributed by atoms with Crippen molar-refractivity contribution in [2.75, 3.05) is 11.1 Å². The summed E-state index contributed by atoms with van der Waals surface area (Å²) in [5, 5.41) is 11.9. The van der Waals surface area contributed by atoms with Crippen LogP contribution in [0.5, 0.6) is 0 Å². The van der Waals surface area contributed by atoms with E-state index in [9.17, 15) is 9.18 Å². The Morgan fingerprint density at radius 1 is 1.40 bits per heavy atom. The third-order valence-electron chi connectivity index (χ3n) is 2.44. The highest BCUT2D eigenvalue weighted by atomic mass is 32.2. The molecule has 4 nitrogen and oxygen atoms in total. The van der Waals surface area contributed by atoms with Crippen LogP contribution in [-0.2, 0) is 11.2 Å². The molecule has 0 fully saturated rings. The zero-order chi connectivity index (χ0) is 14.4. The van der Waals surface area contributed by atoms with Gasteiger partial charge in [-0.05, 0) is 18.6 Å². The largest absolute Gasteiger partial charge is 0.301 e. The van der Waals surface area contributed by atoms with Crippen LogP contribution in [-0.4, -0.2) is 21.9 Å². The minimum atomic E-state index is -0.255. The Kier molecular flexibility index (Phi) is 5.49. The fourth-order valence-corrected chi connectivity index (χ4v) is 3.03. The van der Waals surface area contributed by atoms with Gasteiger partial charge in [-0.2, -0.15) is 0 Å². The van der Waals surface area contributed by atoms with Gasteiger partial charge in [-0.25, -0.2) is 4.39 Å². The van der Waals surface area contributed by atoms with Crippen molar-refractivity contribution in [3.63, 3.8) is 0 Å². The molecule has 1 heterocycles. The van der Waals surface area contributed by atoms with Gasteiger partial charge in [-0.15, -0.1) is 22.0 Å². The maximum Gasteiger partial charge on any atom is 0.227 e. The zero-order valence-electron chi connectivity index (χ0n) is 10.9. The van der Waals surface area contributed by atoms with Crippen LogP contribution in [0.15, 0.2) is 29.2 Å². The number of carbonyl (C=O) groups is 1. The first-order valence-corrected chi connectivity index (χ1v) is 7.99. The molecule has 1 aromatic carbocycles. The van der Waals surface area contributed by atoms with Gasteiger partial charge in [0.2, 0.25) is 11.0 Å². The lowest BCUT2D eigenvalue weighted by molar-refractivity contribution is -0.115. The van der Waals surface area contributed by atoms with Crippen molar-refractivity contribution in [1.29, 1.82) is 0 Å². The van der Waals surface area contributed by atoms with Crippen molar-refractivity contribution >= 4 is 34.1 Å². The van der Waals surface area contributed by atoms with Crippen molar-refractivity contribution in [3.8, 4) is 0 Å². The number of nitrogens with one attached hydrogen (secondary N) is 1. The van der Waals surface area contributed by atoms with E-state index in [1.165, 1.54) is 29.2 Å². The van der Waals surface area contributed by atoms with E-state index in [0.717, 1.165) is 11.4 Å². The first-order valence-electron chi connectivity index (χ1n) is 6.18. The van der Waals surface area contributed by atoms with Crippen LogP contribution >= 0.6 is 23.1 Å². The summed E-state index contributed by atoms with van der Waals surface area (Å²) in [6.07, 6.45) is 1.11. The summed E-state index contributed by atoms with van der Waals surface area (Å²) in [6, 6.07) is 6.54. The fourth-order valence-electron chi connectivity index (χ4n) is 1.44. The number of aryl methyl sites for hydroxylation is 1. The highest BCUT2D eigenvalue weighted by Crippen LogP contribution is 2.22. The van der Waals surface area contributed by atoms with Crippen LogP contribution in [0, 0.1) is 5.82 Å². The molecule has 2 rings (SSSR count). The van der Waals surface area contributed by atoms with Gasteiger partial charge < -0.3 is 5.32 Å². The first-order chi connectivity index (χ1) is 9.69. The summed E-state index contributed by atoms with van der Waals surface area (Å²) in [5.41, 5.74) is 0. The topological polar surface area (TPSA) is 54.9 Å². The van der Waals surface area contributed by atoms with Crippen LogP contribution in [0.1, 0.15) is 18.4 Å². The third-order valence-corrected chi connectivity index (χ3v) is 4.47. The van der Waals surface area contributed by atoms with E-state index >= 15 is 0 Å². The number of amides is 1. The summed E-state index contributed by atoms with van der Waals surface area (Å²) < 4.78 is 13.4. The van der Waals surface area contributed by atoms with Gasteiger partial charge in [0.15, 0.2) is 0 Å². The highest BCUT2D eigenvalue weighted by molar-refractivity contribution is 7.99. The molecule has 2 aromatic rings. The molecule has 1 aromatic heterocycles. The summed E-state index contributed by atoms with van der Waals surface area (Å²) in [6.45, 7) is 1.98. The molecule has 7 heteroatoms. The Morgan fingerprint density at radius 2 is 2.20 bits per heavy atom. The predicted molar refractivity (Wildman–Crippen MR) is 79.7 cm³/mol. The normalized spacial score (nSPS) is 10.5. The van der Waals surface area contributed by atoms with E-state index in [4.69, 9.17) is 0 Å². The molecule has 0 unspecified atom stereocenters. The van der Waals surface area contributed by atoms with E-state index in [-0.39, 0.29) is 11.7 Å². The number of halogens is 1. The van der Waals surface area contributed by atoms with E-state index in [1.807, 2.05) is 6.92 Å². The molecule has 0 radical (unpaired) electrons. The fraction of sp³-hybridized carbons (Fsp3) is 0.308. The van der Waals surface area contributed by atoms with Crippen LogP contribution in [0.25, 0.3) is 0 Å².